The number of aromatic nitrogens is 2. The average molecular weight is 301 g/mol. The van der Waals surface area contributed by atoms with Gasteiger partial charge in [0, 0.05) is 18.4 Å². The molecule has 0 atom stereocenters. The van der Waals surface area contributed by atoms with Crippen LogP contribution in [0.15, 0.2) is 36.5 Å². The smallest absolute Gasteiger partial charge is 0.317 e. The van der Waals surface area contributed by atoms with E-state index in [9.17, 15) is 4.79 Å². The highest BCUT2D eigenvalue weighted by molar-refractivity contribution is 5.77. The van der Waals surface area contributed by atoms with Crippen LogP contribution in [-0.2, 0) is 11.2 Å². The fourth-order valence-electron chi connectivity index (χ4n) is 1.85. The fourth-order valence-corrected chi connectivity index (χ4v) is 1.85. The van der Waals surface area contributed by atoms with Crippen molar-refractivity contribution in [3.63, 3.8) is 0 Å². The monoisotopic (exact) mass is 301 g/mol. The summed E-state index contributed by atoms with van der Waals surface area (Å²) in [5, 5.41) is 2.79. The summed E-state index contributed by atoms with van der Waals surface area (Å²) in [5.41, 5.74) is 1.89. The summed E-state index contributed by atoms with van der Waals surface area (Å²) in [4.78, 5) is 19.7. The minimum Gasteiger partial charge on any atom is -0.497 e. The van der Waals surface area contributed by atoms with Gasteiger partial charge in [0.05, 0.1) is 7.11 Å². The van der Waals surface area contributed by atoms with Gasteiger partial charge in [-0.3, -0.25) is 4.79 Å². The van der Waals surface area contributed by atoms with Gasteiger partial charge in [0.1, 0.15) is 5.75 Å². The molecular weight excluding hydrogens is 282 g/mol. The van der Waals surface area contributed by atoms with E-state index in [4.69, 9.17) is 9.47 Å². The molecule has 0 radical (unpaired) electrons. The van der Waals surface area contributed by atoms with E-state index in [0.29, 0.717) is 6.54 Å². The first-order valence-electron chi connectivity index (χ1n) is 6.99. The Hall–Kier alpha value is -2.63. The number of hydrogen-bond acceptors (Lipinski definition) is 5. The molecule has 0 unspecified atom stereocenters. The lowest BCUT2D eigenvalue weighted by Gasteiger charge is -2.07. The molecule has 0 spiro atoms. The highest BCUT2D eigenvalue weighted by Crippen LogP contribution is 2.12. The third kappa shape index (κ3) is 5.05. The predicted molar refractivity (Wildman–Crippen MR) is 82.0 cm³/mol. The minimum atomic E-state index is -0.201. The first-order valence-corrected chi connectivity index (χ1v) is 6.99. The van der Waals surface area contributed by atoms with E-state index in [1.54, 1.807) is 19.4 Å². The summed E-state index contributed by atoms with van der Waals surface area (Å²) in [6.45, 7) is 2.27. The number of aryl methyl sites for hydroxylation is 1. The van der Waals surface area contributed by atoms with Crippen LogP contribution in [-0.4, -0.2) is 36.1 Å². The minimum absolute atomic E-state index is 0.0957. The third-order valence-electron chi connectivity index (χ3n) is 2.98. The summed E-state index contributed by atoms with van der Waals surface area (Å²) in [5.74, 6) is 0.608. The second kappa shape index (κ2) is 7.97. The molecule has 0 fully saturated rings. The van der Waals surface area contributed by atoms with E-state index in [-0.39, 0.29) is 18.5 Å². The molecule has 6 heteroatoms. The normalized spacial score (nSPS) is 10.1. The van der Waals surface area contributed by atoms with Gasteiger partial charge in [-0.25, -0.2) is 9.97 Å². The molecule has 0 aliphatic rings. The maximum absolute atomic E-state index is 11.7. The Kier molecular flexibility index (Phi) is 5.71. The van der Waals surface area contributed by atoms with E-state index < -0.39 is 0 Å². The van der Waals surface area contributed by atoms with Crippen LogP contribution in [0.1, 0.15) is 11.3 Å². The average Bonchev–Trinajstić information content (AvgIpc) is 2.53. The van der Waals surface area contributed by atoms with Crippen molar-refractivity contribution in [2.75, 3.05) is 20.3 Å². The van der Waals surface area contributed by atoms with Crippen molar-refractivity contribution in [3.05, 3.63) is 47.8 Å². The number of benzene rings is 1. The van der Waals surface area contributed by atoms with Crippen LogP contribution < -0.4 is 14.8 Å². The van der Waals surface area contributed by atoms with Crippen molar-refractivity contribution >= 4 is 5.91 Å². The van der Waals surface area contributed by atoms with Crippen molar-refractivity contribution < 1.29 is 14.3 Å². The number of hydrogen-bond donors (Lipinski definition) is 1. The zero-order valence-electron chi connectivity index (χ0n) is 12.7. The molecule has 0 bridgehead atoms. The van der Waals surface area contributed by atoms with Crippen LogP contribution in [0.4, 0.5) is 0 Å². The lowest BCUT2D eigenvalue weighted by Crippen LogP contribution is -2.30. The van der Waals surface area contributed by atoms with Crippen LogP contribution in [0, 0.1) is 6.92 Å². The van der Waals surface area contributed by atoms with Gasteiger partial charge in [0.25, 0.3) is 5.91 Å². The van der Waals surface area contributed by atoms with E-state index in [2.05, 4.69) is 15.3 Å². The molecule has 1 heterocycles. The van der Waals surface area contributed by atoms with Crippen LogP contribution >= 0.6 is 0 Å². The molecule has 0 aliphatic heterocycles. The molecule has 6 nitrogen and oxygen atoms in total. The zero-order chi connectivity index (χ0) is 15.8. The van der Waals surface area contributed by atoms with Gasteiger partial charge in [0.15, 0.2) is 6.61 Å². The zero-order valence-corrected chi connectivity index (χ0v) is 12.7. The largest absolute Gasteiger partial charge is 0.497 e. The number of carbonyl (C=O) groups excluding carboxylic acids is 1. The lowest BCUT2D eigenvalue weighted by molar-refractivity contribution is -0.123. The van der Waals surface area contributed by atoms with Crippen molar-refractivity contribution in [2.45, 2.75) is 13.3 Å². The van der Waals surface area contributed by atoms with Gasteiger partial charge in [-0.15, -0.1) is 0 Å². The van der Waals surface area contributed by atoms with E-state index in [1.165, 1.54) is 0 Å². The molecule has 22 heavy (non-hydrogen) atoms. The van der Waals surface area contributed by atoms with Crippen LogP contribution in [0.2, 0.25) is 0 Å². The fraction of sp³-hybridized carbons (Fsp3) is 0.312. The standard InChI is InChI=1S/C16H19N3O3/c1-12-6-8-18-16(19-12)22-11-15(20)17-9-7-13-4-3-5-14(10-13)21-2/h3-6,8,10H,7,9,11H2,1-2H3,(H,17,20). The molecule has 1 aromatic heterocycles. The maximum Gasteiger partial charge on any atom is 0.317 e. The summed E-state index contributed by atoms with van der Waals surface area (Å²) < 4.78 is 10.4. The van der Waals surface area contributed by atoms with Gasteiger partial charge in [-0.2, -0.15) is 0 Å². The van der Waals surface area contributed by atoms with Gasteiger partial charge < -0.3 is 14.8 Å². The molecule has 1 aromatic carbocycles. The molecule has 1 amide bonds. The van der Waals surface area contributed by atoms with Gasteiger partial charge >= 0.3 is 6.01 Å². The Balaban J connectivity index is 1.71. The van der Waals surface area contributed by atoms with Gasteiger partial charge in [-0.1, -0.05) is 12.1 Å². The molecule has 1 N–H and O–H groups in total. The van der Waals surface area contributed by atoms with E-state index in [1.807, 2.05) is 31.2 Å². The predicted octanol–water partition coefficient (Wildman–Crippen LogP) is 1.53. The van der Waals surface area contributed by atoms with Gasteiger partial charge in [0.2, 0.25) is 0 Å². The quantitative estimate of drug-likeness (QED) is 0.839. The summed E-state index contributed by atoms with van der Waals surface area (Å²) in [6.07, 6.45) is 2.32. The highest BCUT2D eigenvalue weighted by atomic mass is 16.5. The number of ether oxygens (including phenoxy) is 2. The number of methoxy groups -OCH3 is 1. The number of rotatable bonds is 7. The Morgan fingerprint density at radius 3 is 2.95 bits per heavy atom. The topological polar surface area (TPSA) is 73.3 Å². The second-order valence-electron chi connectivity index (χ2n) is 4.72. The Morgan fingerprint density at radius 1 is 1.32 bits per heavy atom. The van der Waals surface area contributed by atoms with E-state index >= 15 is 0 Å². The Bertz CT molecular complexity index is 632. The Morgan fingerprint density at radius 2 is 2.18 bits per heavy atom. The number of nitrogens with zero attached hydrogens (tertiary/aromatic N) is 2. The van der Waals surface area contributed by atoms with Crippen molar-refractivity contribution in [1.29, 1.82) is 0 Å². The molecule has 2 rings (SSSR count). The molecule has 116 valence electrons. The number of carbonyl (C=O) groups is 1. The Labute approximate surface area is 129 Å². The first kappa shape index (κ1) is 15.8. The lowest BCUT2D eigenvalue weighted by atomic mass is 10.1. The molecule has 0 saturated carbocycles. The van der Waals surface area contributed by atoms with Gasteiger partial charge in [-0.05, 0) is 37.1 Å². The number of nitrogens with one attached hydrogen (secondary N) is 1. The molecule has 0 aliphatic carbocycles. The van der Waals surface area contributed by atoms with Crippen LogP contribution in [0.25, 0.3) is 0 Å². The van der Waals surface area contributed by atoms with Crippen molar-refractivity contribution in [2.24, 2.45) is 0 Å². The molecule has 2 aromatic rings. The molecule has 0 saturated heterocycles. The van der Waals surface area contributed by atoms with Crippen molar-refractivity contribution in [1.82, 2.24) is 15.3 Å². The summed E-state index contributed by atoms with van der Waals surface area (Å²) in [7, 11) is 1.63. The number of amides is 1. The van der Waals surface area contributed by atoms with Crippen LogP contribution in [0.3, 0.4) is 0 Å². The first-order chi connectivity index (χ1) is 10.7. The second-order valence-corrected chi connectivity index (χ2v) is 4.72. The summed E-state index contributed by atoms with van der Waals surface area (Å²) >= 11 is 0. The molecular formula is C16H19N3O3. The highest BCUT2D eigenvalue weighted by Gasteiger charge is 2.04. The third-order valence-corrected chi connectivity index (χ3v) is 2.98. The maximum atomic E-state index is 11.7. The van der Waals surface area contributed by atoms with Crippen molar-refractivity contribution in [3.8, 4) is 11.8 Å². The van der Waals surface area contributed by atoms with Crippen LogP contribution in [0.5, 0.6) is 11.8 Å². The summed E-state index contributed by atoms with van der Waals surface area (Å²) in [6, 6.07) is 9.73. The SMILES string of the molecule is COc1cccc(CCNC(=O)COc2nccc(C)n2)c1. The van der Waals surface area contributed by atoms with E-state index in [0.717, 1.165) is 23.4 Å².